The molecule has 0 heterocycles. The lowest BCUT2D eigenvalue weighted by Gasteiger charge is -2.07. The smallest absolute Gasteiger partial charge is 0.264 e. The van der Waals surface area contributed by atoms with E-state index < -0.39 is 10.1 Å². The number of hydrogen-bond acceptors (Lipinski definition) is 4. The van der Waals surface area contributed by atoms with Crippen molar-refractivity contribution in [3.63, 3.8) is 0 Å². The van der Waals surface area contributed by atoms with Gasteiger partial charge in [0.2, 0.25) is 0 Å². The lowest BCUT2D eigenvalue weighted by atomic mass is 10.4. The summed E-state index contributed by atoms with van der Waals surface area (Å²) >= 11 is 0. The summed E-state index contributed by atoms with van der Waals surface area (Å²) < 4.78 is 25.3. The summed E-state index contributed by atoms with van der Waals surface area (Å²) in [5.74, 6) is 0. The molecule has 0 radical (unpaired) electrons. The summed E-state index contributed by atoms with van der Waals surface area (Å²) in [5.41, 5.74) is 0. The normalized spacial score (nSPS) is 15.1. The molecule has 0 aliphatic rings. The van der Waals surface area contributed by atoms with Crippen LogP contribution in [0.15, 0.2) is 0 Å². The molecule has 0 aromatic heterocycles. The highest BCUT2D eigenvalue weighted by Crippen LogP contribution is 1.91. The zero-order valence-corrected chi connectivity index (χ0v) is 7.97. The average molecular weight is 185 g/mol. The molecule has 0 fully saturated rings. The summed E-state index contributed by atoms with van der Waals surface area (Å²) in [5, 5.41) is 2.76. The second-order valence-electron chi connectivity index (χ2n) is 2.06. The highest BCUT2D eigenvalue weighted by molar-refractivity contribution is 7.85. The van der Waals surface area contributed by atoms with Gasteiger partial charge >= 0.3 is 0 Å². The van der Waals surface area contributed by atoms with Gasteiger partial charge in [0.25, 0.3) is 10.1 Å². The number of hydrogen-bond donors (Lipinski definition) is 1. The van der Waals surface area contributed by atoms with Gasteiger partial charge in [-0.15, -0.1) is 0 Å². The van der Waals surface area contributed by atoms with Crippen LogP contribution in [0.4, 0.5) is 0 Å². The topological polar surface area (TPSA) is 55.4 Å². The van der Waals surface area contributed by atoms with Crippen molar-refractivity contribution in [2.75, 3.05) is 12.9 Å². The molecular weight excluding hydrogens is 173 g/mol. The Morgan fingerprint density at radius 2 is 2.20 bits per heavy atom. The van der Waals surface area contributed by atoms with Crippen molar-refractivity contribution in [3.05, 3.63) is 0 Å². The molecule has 0 aromatic carbocycles. The predicted octanol–water partition coefficient (Wildman–Crippen LogP) is -0.269. The van der Waals surface area contributed by atoms with Gasteiger partial charge in [-0.1, -0.05) is 9.39 Å². The van der Waals surface area contributed by atoms with Crippen LogP contribution in [0, 0.1) is 0 Å². The molecule has 2 atom stereocenters. The third kappa shape index (κ3) is 6.42. The van der Waals surface area contributed by atoms with E-state index in [1.807, 2.05) is 6.92 Å². The molecule has 0 aliphatic heterocycles. The molecule has 1 N–H and O–H groups in total. The van der Waals surface area contributed by atoms with Gasteiger partial charge in [-0.25, -0.2) is 0 Å². The summed E-state index contributed by atoms with van der Waals surface area (Å²) in [7, 11) is -0.994. The van der Waals surface area contributed by atoms with Crippen molar-refractivity contribution in [2.45, 2.75) is 13.0 Å². The second kappa shape index (κ2) is 4.23. The number of nitrogens with one attached hydrogen (secondary N) is 1. The molecule has 62 valence electrons. The van der Waals surface area contributed by atoms with E-state index in [0.29, 0.717) is 0 Å². The first kappa shape index (κ1) is 10.3. The summed E-state index contributed by atoms with van der Waals surface area (Å²) in [6, 6.07) is 0.0275. The van der Waals surface area contributed by atoms with E-state index in [-0.39, 0.29) is 12.6 Å². The minimum absolute atomic E-state index is 0.0275. The predicted molar refractivity (Wildman–Crippen MR) is 43.1 cm³/mol. The molecule has 1 unspecified atom stereocenters. The molecular formula is C4H12NO3PS. The number of rotatable bonds is 4. The van der Waals surface area contributed by atoms with Gasteiger partial charge < -0.3 is 0 Å². The standard InChI is InChI=1S/C4H12NO3PS/c1-4(5-9)3-8-10(2,6)7/h4-5H,3,9H2,1-2H3/t4-/m0/s1. The molecule has 0 bridgehead atoms. The van der Waals surface area contributed by atoms with Crippen LogP contribution in [-0.2, 0) is 14.3 Å². The van der Waals surface area contributed by atoms with Crippen molar-refractivity contribution in [3.8, 4) is 0 Å². The van der Waals surface area contributed by atoms with Gasteiger partial charge in [-0.2, -0.15) is 8.42 Å². The third-order valence-electron chi connectivity index (χ3n) is 0.817. The molecule has 0 aliphatic carbocycles. The molecule has 0 amide bonds. The fraction of sp³-hybridized carbons (Fsp3) is 1.00. The van der Waals surface area contributed by atoms with Gasteiger partial charge in [0.15, 0.2) is 0 Å². The van der Waals surface area contributed by atoms with E-state index >= 15 is 0 Å². The van der Waals surface area contributed by atoms with Crippen molar-refractivity contribution < 1.29 is 12.6 Å². The highest BCUT2D eigenvalue weighted by Gasteiger charge is 2.04. The van der Waals surface area contributed by atoms with Gasteiger partial charge in [-0.3, -0.25) is 9.27 Å². The molecule has 0 spiro atoms. The zero-order chi connectivity index (χ0) is 8.20. The molecule has 0 rings (SSSR count). The maximum absolute atomic E-state index is 10.4. The van der Waals surface area contributed by atoms with Gasteiger partial charge in [0, 0.05) is 6.04 Å². The Morgan fingerprint density at radius 3 is 2.50 bits per heavy atom. The highest BCUT2D eigenvalue weighted by atomic mass is 32.2. The van der Waals surface area contributed by atoms with E-state index in [1.165, 1.54) is 0 Å². The fourth-order valence-electron chi connectivity index (χ4n) is 0.274. The Balaban J connectivity index is 3.56. The van der Waals surface area contributed by atoms with Crippen LogP contribution in [0.25, 0.3) is 0 Å². The summed E-state index contributed by atoms with van der Waals surface area (Å²) in [6.45, 7) is 1.99. The van der Waals surface area contributed by atoms with Crippen molar-refractivity contribution >= 4 is 19.5 Å². The Labute approximate surface area is 63.7 Å². The van der Waals surface area contributed by atoms with Gasteiger partial charge in [0.05, 0.1) is 12.9 Å². The lowest BCUT2D eigenvalue weighted by molar-refractivity contribution is 0.296. The van der Waals surface area contributed by atoms with Crippen molar-refractivity contribution in [1.82, 2.24) is 5.09 Å². The molecule has 6 heteroatoms. The Hall–Kier alpha value is 0.300. The first-order chi connectivity index (χ1) is 4.45. The van der Waals surface area contributed by atoms with E-state index in [9.17, 15) is 8.42 Å². The zero-order valence-electron chi connectivity index (χ0n) is 5.99. The van der Waals surface area contributed by atoms with Crippen molar-refractivity contribution in [2.24, 2.45) is 0 Å². The maximum atomic E-state index is 10.4. The van der Waals surface area contributed by atoms with Crippen molar-refractivity contribution in [1.29, 1.82) is 0 Å². The van der Waals surface area contributed by atoms with E-state index in [4.69, 9.17) is 0 Å². The molecule has 0 saturated heterocycles. The minimum Gasteiger partial charge on any atom is -0.296 e. The van der Waals surface area contributed by atoms with Crippen LogP contribution >= 0.6 is 9.39 Å². The maximum Gasteiger partial charge on any atom is 0.264 e. The SMILES string of the molecule is C[C@@H](COS(C)(=O)=O)NP. The third-order valence-corrected chi connectivity index (χ3v) is 1.95. The minimum atomic E-state index is -3.28. The van der Waals surface area contributed by atoms with Crippen LogP contribution in [-0.4, -0.2) is 27.3 Å². The largest absolute Gasteiger partial charge is 0.296 e. The van der Waals surface area contributed by atoms with Crippen LogP contribution in [0.1, 0.15) is 6.92 Å². The van der Waals surface area contributed by atoms with Gasteiger partial charge in [-0.05, 0) is 6.92 Å². The fourth-order valence-corrected chi connectivity index (χ4v) is 0.821. The van der Waals surface area contributed by atoms with E-state index in [2.05, 4.69) is 18.7 Å². The first-order valence-electron chi connectivity index (χ1n) is 2.76. The lowest BCUT2D eigenvalue weighted by Crippen LogP contribution is -2.23. The summed E-state index contributed by atoms with van der Waals surface area (Å²) in [6.07, 6.45) is 1.03. The van der Waals surface area contributed by atoms with Crippen LogP contribution in [0.5, 0.6) is 0 Å². The van der Waals surface area contributed by atoms with Gasteiger partial charge in [0.1, 0.15) is 0 Å². The monoisotopic (exact) mass is 185 g/mol. The Morgan fingerprint density at radius 1 is 1.70 bits per heavy atom. The summed E-state index contributed by atoms with van der Waals surface area (Å²) in [4.78, 5) is 0. The van der Waals surface area contributed by atoms with Crippen LogP contribution in [0.3, 0.4) is 0 Å². The molecule has 0 saturated carbocycles. The quantitative estimate of drug-likeness (QED) is 0.484. The molecule has 0 aromatic rings. The average Bonchev–Trinajstić information content (AvgIpc) is 1.81. The second-order valence-corrected chi connectivity index (χ2v) is 4.03. The molecule has 4 nitrogen and oxygen atoms in total. The first-order valence-corrected chi connectivity index (χ1v) is 5.15. The van der Waals surface area contributed by atoms with Crippen LogP contribution in [0.2, 0.25) is 0 Å². The van der Waals surface area contributed by atoms with E-state index in [0.717, 1.165) is 6.26 Å². The Kier molecular flexibility index (Phi) is 4.36. The Bertz CT molecular complexity index is 179. The van der Waals surface area contributed by atoms with Crippen LogP contribution < -0.4 is 5.09 Å². The van der Waals surface area contributed by atoms with E-state index in [1.54, 1.807) is 0 Å². The molecule has 10 heavy (non-hydrogen) atoms.